The number of alkyl carbamates (subject to hydrolysis) is 1. The number of nitrogens with one attached hydrogen (secondary N) is 3. The third-order valence-corrected chi connectivity index (χ3v) is 3.48. The van der Waals surface area contributed by atoms with Gasteiger partial charge in [0.25, 0.3) is 5.91 Å². The predicted molar refractivity (Wildman–Crippen MR) is 105 cm³/mol. The number of hydrogen-bond donors (Lipinski definition) is 3. The minimum atomic E-state index is -0.660. The molecule has 0 radical (unpaired) electrons. The molecule has 8 heteroatoms. The maximum absolute atomic E-state index is 12.3. The molecule has 28 heavy (non-hydrogen) atoms. The molecular formula is C20H24N4O4. The first-order valence-corrected chi connectivity index (χ1v) is 8.77. The fourth-order valence-electron chi connectivity index (χ4n) is 2.22. The Morgan fingerprint density at radius 3 is 2.36 bits per heavy atom. The van der Waals surface area contributed by atoms with Crippen LogP contribution in [0.15, 0.2) is 48.8 Å². The van der Waals surface area contributed by atoms with Crippen molar-refractivity contribution in [2.45, 2.75) is 32.9 Å². The Morgan fingerprint density at radius 2 is 1.68 bits per heavy atom. The summed E-state index contributed by atoms with van der Waals surface area (Å²) >= 11 is 0. The Balaban J connectivity index is 1.88. The smallest absolute Gasteiger partial charge is 0.408 e. The van der Waals surface area contributed by atoms with Crippen LogP contribution in [-0.4, -0.2) is 35.0 Å². The van der Waals surface area contributed by atoms with Gasteiger partial charge >= 0.3 is 6.09 Å². The van der Waals surface area contributed by atoms with Crippen LogP contribution in [0.5, 0.6) is 0 Å². The lowest BCUT2D eigenvalue weighted by Crippen LogP contribution is -2.39. The van der Waals surface area contributed by atoms with Crippen LogP contribution < -0.4 is 16.0 Å². The number of ether oxygens (including phenoxy) is 1. The highest BCUT2D eigenvalue weighted by atomic mass is 16.6. The molecule has 0 aliphatic carbocycles. The molecule has 3 N–H and O–H groups in total. The van der Waals surface area contributed by atoms with Gasteiger partial charge in [0, 0.05) is 30.2 Å². The Labute approximate surface area is 163 Å². The largest absolute Gasteiger partial charge is 0.444 e. The summed E-state index contributed by atoms with van der Waals surface area (Å²) in [7, 11) is 0. The molecule has 0 aliphatic heterocycles. The van der Waals surface area contributed by atoms with E-state index in [0.29, 0.717) is 11.3 Å². The van der Waals surface area contributed by atoms with Gasteiger partial charge in [0.1, 0.15) is 12.1 Å². The first kappa shape index (κ1) is 20.9. The van der Waals surface area contributed by atoms with E-state index in [1.807, 2.05) is 6.07 Å². The van der Waals surface area contributed by atoms with Gasteiger partial charge < -0.3 is 20.7 Å². The van der Waals surface area contributed by atoms with Crippen molar-refractivity contribution in [3.05, 3.63) is 59.9 Å². The number of anilines is 1. The highest BCUT2D eigenvalue weighted by Crippen LogP contribution is 2.16. The molecule has 0 spiro atoms. The second-order valence-corrected chi connectivity index (χ2v) is 6.98. The lowest BCUT2D eigenvalue weighted by atomic mass is 10.1. The van der Waals surface area contributed by atoms with Gasteiger partial charge in [-0.2, -0.15) is 0 Å². The minimum absolute atomic E-state index is 0.196. The molecule has 8 nitrogen and oxygen atoms in total. The van der Waals surface area contributed by atoms with Crippen molar-refractivity contribution in [1.29, 1.82) is 0 Å². The van der Waals surface area contributed by atoms with Crippen LogP contribution in [0.3, 0.4) is 0 Å². The number of nitrogens with zero attached hydrogens (tertiary/aromatic N) is 1. The molecule has 0 saturated heterocycles. The normalized spacial score (nSPS) is 10.7. The summed E-state index contributed by atoms with van der Waals surface area (Å²) in [5, 5.41) is 7.91. The quantitative estimate of drug-likeness (QED) is 0.709. The van der Waals surface area contributed by atoms with Crippen molar-refractivity contribution < 1.29 is 19.1 Å². The molecular weight excluding hydrogens is 360 g/mol. The number of carbonyl (C=O) groups excluding carboxylic acids is 3. The molecule has 0 bridgehead atoms. The molecule has 3 amide bonds. The van der Waals surface area contributed by atoms with E-state index in [4.69, 9.17) is 4.74 Å². The van der Waals surface area contributed by atoms with Gasteiger partial charge in [-0.05, 0) is 44.5 Å². The molecule has 0 unspecified atom stereocenters. The molecule has 1 heterocycles. The monoisotopic (exact) mass is 384 g/mol. The van der Waals surface area contributed by atoms with E-state index >= 15 is 0 Å². The van der Waals surface area contributed by atoms with E-state index in [9.17, 15) is 14.4 Å². The molecule has 148 valence electrons. The first-order chi connectivity index (χ1) is 13.2. The van der Waals surface area contributed by atoms with Crippen LogP contribution in [0.25, 0.3) is 0 Å². The average molecular weight is 384 g/mol. The lowest BCUT2D eigenvalue weighted by Gasteiger charge is -2.19. The summed E-state index contributed by atoms with van der Waals surface area (Å²) in [5.41, 5.74) is 1.17. The Bertz CT molecular complexity index is 832. The summed E-state index contributed by atoms with van der Waals surface area (Å²) in [5.74, 6) is -0.645. The maximum Gasteiger partial charge on any atom is 0.408 e. The topological polar surface area (TPSA) is 109 Å². The van der Waals surface area contributed by atoms with E-state index in [0.717, 1.165) is 5.56 Å². The van der Waals surface area contributed by atoms with E-state index in [2.05, 4.69) is 20.9 Å². The zero-order valence-corrected chi connectivity index (χ0v) is 16.1. The maximum atomic E-state index is 12.3. The molecule has 1 aromatic heterocycles. The van der Waals surface area contributed by atoms with Gasteiger partial charge in [0.05, 0.1) is 0 Å². The number of amides is 3. The predicted octanol–water partition coefficient (Wildman–Crippen LogP) is 2.47. The highest BCUT2D eigenvalue weighted by molar-refractivity contribution is 6.04. The van der Waals surface area contributed by atoms with Crippen LogP contribution in [-0.2, 0) is 16.1 Å². The fraction of sp³-hybridized carbons (Fsp3) is 0.300. The summed E-state index contributed by atoms with van der Waals surface area (Å²) in [6, 6.07) is 10.4. The van der Waals surface area contributed by atoms with Crippen molar-refractivity contribution in [1.82, 2.24) is 15.6 Å². The summed E-state index contributed by atoms with van der Waals surface area (Å²) in [6.07, 6.45) is 2.42. The Kier molecular flexibility index (Phi) is 7.08. The second-order valence-electron chi connectivity index (χ2n) is 6.98. The second kappa shape index (κ2) is 9.50. The zero-order valence-electron chi connectivity index (χ0n) is 16.1. The zero-order chi connectivity index (χ0) is 20.6. The van der Waals surface area contributed by atoms with Gasteiger partial charge in [0.2, 0.25) is 5.91 Å². The third-order valence-electron chi connectivity index (χ3n) is 3.48. The minimum Gasteiger partial charge on any atom is -0.444 e. The van der Waals surface area contributed by atoms with Gasteiger partial charge in [-0.1, -0.05) is 18.2 Å². The number of rotatable bonds is 6. The van der Waals surface area contributed by atoms with Crippen molar-refractivity contribution in [3.63, 3.8) is 0 Å². The Hall–Kier alpha value is -3.42. The molecule has 0 atom stereocenters. The third kappa shape index (κ3) is 7.06. The van der Waals surface area contributed by atoms with Crippen molar-refractivity contribution in [2.24, 2.45) is 0 Å². The molecule has 2 aromatic rings. The standard InChI is InChI=1S/C20H24N4O4/c1-20(2,3)28-19(27)23-13-17(25)22-12-15-6-4-5-7-16(15)24-18(26)14-8-10-21-11-9-14/h4-11H,12-13H2,1-3H3,(H,22,25)(H,23,27)(H,24,26). The number of para-hydroxylation sites is 1. The van der Waals surface area contributed by atoms with E-state index in [-0.39, 0.29) is 24.9 Å². The van der Waals surface area contributed by atoms with Crippen molar-refractivity contribution in [2.75, 3.05) is 11.9 Å². The summed E-state index contributed by atoms with van der Waals surface area (Å²) in [6.45, 7) is 5.21. The number of aromatic nitrogens is 1. The fourth-order valence-corrected chi connectivity index (χ4v) is 2.22. The number of carbonyl (C=O) groups is 3. The average Bonchev–Trinajstić information content (AvgIpc) is 2.65. The molecule has 0 saturated carbocycles. The Morgan fingerprint density at radius 1 is 1.00 bits per heavy atom. The number of hydrogen-bond acceptors (Lipinski definition) is 5. The molecule has 1 aromatic carbocycles. The van der Waals surface area contributed by atoms with Gasteiger partial charge in [0.15, 0.2) is 0 Å². The van der Waals surface area contributed by atoms with Gasteiger partial charge in [-0.3, -0.25) is 14.6 Å². The van der Waals surface area contributed by atoms with Crippen molar-refractivity contribution in [3.8, 4) is 0 Å². The number of pyridine rings is 1. The van der Waals surface area contributed by atoms with Crippen LogP contribution in [0.1, 0.15) is 36.7 Å². The van der Waals surface area contributed by atoms with Crippen LogP contribution in [0, 0.1) is 0 Å². The summed E-state index contributed by atoms with van der Waals surface area (Å²) < 4.78 is 5.07. The summed E-state index contributed by atoms with van der Waals surface area (Å²) in [4.78, 5) is 39.7. The SMILES string of the molecule is CC(C)(C)OC(=O)NCC(=O)NCc1ccccc1NC(=O)c1ccncc1. The number of benzene rings is 1. The van der Waals surface area contributed by atoms with Crippen LogP contribution in [0.2, 0.25) is 0 Å². The molecule has 0 aliphatic rings. The van der Waals surface area contributed by atoms with Crippen LogP contribution >= 0.6 is 0 Å². The first-order valence-electron chi connectivity index (χ1n) is 8.77. The lowest BCUT2D eigenvalue weighted by molar-refractivity contribution is -0.120. The van der Waals surface area contributed by atoms with E-state index in [1.54, 1.807) is 63.5 Å². The van der Waals surface area contributed by atoms with Crippen molar-refractivity contribution >= 4 is 23.6 Å². The molecule has 2 rings (SSSR count). The highest BCUT2D eigenvalue weighted by Gasteiger charge is 2.16. The van der Waals surface area contributed by atoms with Gasteiger partial charge in [-0.15, -0.1) is 0 Å². The van der Waals surface area contributed by atoms with E-state index < -0.39 is 11.7 Å². The van der Waals surface area contributed by atoms with Crippen LogP contribution in [0.4, 0.5) is 10.5 Å². The van der Waals surface area contributed by atoms with E-state index in [1.165, 1.54) is 0 Å². The van der Waals surface area contributed by atoms with Gasteiger partial charge in [-0.25, -0.2) is 4.79 Å². The molecule has 0 fully saturated rings.